The number of hydrogen-bond acceptors (Lipinski definition) is 5. The molecule has 1 aromatic heterocycles. The van der Waals surface area contributed by atoms with Crippen LogP contribution in [-0.2, 0) is 0 Å². The molecule has 0 aliphatic heterocycles. The summed E-state index contributed by atoms with van der Waals surface area (Å²) >= 11 is 5.72. The number of carboxylic acids is 1. The van der Waals surface area contributed by atoms with Crippen molar-refractivity contribution in [1.29, 1.82) is 0 Å². The van der Waals surface area contributed by atoms with Crippen molar-refractivity contribution in [2.45, 2.75) is 6.92 Å². The van der Waals surface area contributed by atoms with Crippen LogP contribution in [0.15, 0.2) is 29.1 Å². The lowest BCUT2D eigenvalue weighted by Gasteiger charge is -2.10. The van der Waals surface area contributed by atoms with E-state index in [-0.39, 0.29) is 22.1 Å². The fraction of sp³-hybridized carbons (Fsp3) is 0.0833. The number of carbonyl (C=O) groups is 1. The summed E-state index contributed by atoms with van der Waals surface area (Å²) in [5.41, 5.74) is -1.56. The Morgan fingerprint density at radius 3 is 2.67 bits per heavy atom. The summed E-state index contributed by atoms with van der Waals surface area (Å²) in [4.78, 5) is 32.9. The van der Waals surface area contributed by atoms with Gasteiger partial charge in [-0.25, -0.2) is 9.48 Å². The van der Waals surface area contributed by atoms with E-state index in [0.717, 1.165) is 16.8 Å². The summed E-state index contributed by atoms with van der Waals surface area (Å²) in [6.45, 7) is 1.48. The smallest absolute Gasteiger partial charge is 0.360 e. The van der Waals surface area contributed by atoms with Gasteiger partial charge in [-0.15, -0.1) is 0 Å². The van der Waals surface area contributed by atoms with E-state index in [1.54, 1.807) is 0 Å². The van der Waals surface area contributed by atoms with Crippen LogP contribution in [0.3, 0.4) is 0 Å². The topological polar surface area (TPSA) is 115 Å². The number of aryl methyl sites for hydroxylation is 1. The molecule has 0 spiro atoms. The van der Waals surface area contributed by atoms with Crippen LogP contribution in [0.25, 0.3) is 5.69 Å². The second kappa shape index (κ2) is 5.33. The van der Waals surface area contributed by atoms with Gasteiger partial charge >= 0.3 is 5.97 Å². The van der Waals surface area contributed by atoms with Crippen molar-refractivity contribution in [3.8, 4) is 5.69 Å². The molecule has 0 unspecified atom stereocenters. The van der Waals surface area contributed by atoms with Crippen LogP contribution in [0.2, 0.25) is 5.02 Å². The summed E-state index contributed by atoms with van der Waals surface area (Å²) in [5, 5.41) is 23.8. The number of hydrogen-bond donors (Lipinski definition) is 1. The number of nitro groups is 1. The number of halogens is 1. The molecule has 1 N–H and O–H groups in total. The highest BCUT2D eigenvalue weighted by Crippen LogP contribution is 2.26. The van der Waals surface area contributed by atoms with E-state index in [4.69, 9.17) is 16.7 Å². The van der Waals surface area contributed by atoms with Gasteiger partial charge in [0.15, 0.2) is 0 Å². The van der Waals surface area contributed by atoms with E-state index >= 15 is 0 Å². The van der Waals surface area contributed by atoms with Gasteiger partial charge in [-0.3, -0.25) is 14.9 Å². The number of carboxylic acid groups (broad SMARTS) is 1. The van der Waals surface area contributed by atoms with Crippen LogP contribution in [-0.4, -0.2) is 25.8 Å². The highest BCUT2D eigenvalue weighted by Gasteiger charge is 2.20. The lowest BCUT2D eigenvalue weighted by atomic mass is 10.2. The van der Waals surface area contributed by atoms with E-state index in [1.807, 2.05) is 0 Å². The Hall–Kier alpha value is -2.74. The minimum atomic E-state index is -1.51. The second-order valence-electron chi connectivity index (χ2n) is 4.11. The molecular weight excluding hydrogens is 302 g/mol. The summed E-state index contributed by atoms with van der Waals surface area (Å²) in [6.07, 6.45) is 0. The maximum absolute atomic E-state index is 11.5. The third-order valence-corrected chi connectivity index (χ3v) is 2.91. The van der Waals surface area contributed by atoms with Gasteiger partial charge in [0, 0.05) is 22.8 Å². The maximum Gasteiger partial charge on any atom is 0.360 e. The Labute approximate surface area is 122 Å². The van der Waals surface area contributed by atoms with E-state index in [0.29, 0.717) is 0 Å². The quantitative estimate of drug-likeness (QED) is 0.682. The fourth-order valence-electron chi connectivity index (χ4n) is 1.76. The molecule has 0 saturated heterocycles. The predicted octanol–water partition coefficient (Wildman–Crippen LogP) is 1.80. The lowest BCUT2D eigenvalue weighted by Crippen LogP contribution is -2.22. The molecule has 0 saturated carbocycles. The van der Waals surface area contributed by atoms with Gasteiger partial charge in [-0.1, -0.05) is 11.6 Å². The molecule has 0 radical (unpaired) electrons. The van der Waals surface area contributed by atoms with Crippen LogP contribution in [0, 0.1) is 17.0 Å². The van der Waals surface area contributed by atoms with Crippen LogP contribution in [0.1, 0.15) is 16.2 Å². The molecule has 21 heavy (non-hydrogen) atoms. The Balaban J connectivity index is 2.79. The number of rotatable bonds is 3. The number of aromatic carboxylic acids is 1. The minimum Gasteiger partial charge on any atom is -0.476 e. The van der Waals surface area contributed by atoms with Gasteiger partial charge in [-0.05, 0) is 19.1 Å². The number of aromatic nitrogens is 2. The first-order valence-corrected chi connectivity index (χ1v) is 5.97. The average Bonchev–Trinajstić information content (AvgIpc) is 2.38. The number of benzene rings is 1. The van der Waals surface area contributed by atoms with E-state index in [2.05, 4.69) is 5.10 Å². The monoisotopic (exact) mass is 309 g/mol. The first kappa shape index (κ1) is 14.7. The van der Waals surface area contributed by atoms with Gasteiger partial charge in [0.05, 0.1) is 4.92 Å². The van der Waals surface area contributed by atoms with Crippen molar-refractivity contribution in [1.82, 2.24) is 9.78 Å². The van der Waals surface area contributed by atoms with E-state index in [9.17, 15) is 19.7 Å². The molecule has 1 aromatic carbocycles. The molecule has 0 bridgehead atoms. The van der Waals surface area contributed by atoms with Crippen molar-refractivity contribution in [3.63, 3.8) is 0 Å². The summed E-state index contributed by atoms with van der Waals surface area (Å²) in [6, 6.07) is 4.91. The molecule has 0 atom stereocenters. The molecular formula is C12H8ClN3O5. The van der Waals surface area contributed by atoms with Crippen molar-refractivity contribution in [3.05, 3.63) is 61.0 Å². The second-order valence-corrected chi connectivity index (χ2v) is 4.54. The normalized spacial score (nSPS) is 10.4. The molecule has 2 aromatic rings. The molecule has 9 heteroatoms. The number of nitro benzene ring substituents is 1. The van der Waals surface area contributed by atoms with E-state index < -0.39 is 22.0 Å². The zero-order valence-corrected chi connectivity index (χ0v) is 11.4. The molecule has 2 rings (SSSR count). The SMILES string of the molecule is Cc1cc(=O)c(C(=O)O)nn1-c1ccc(Cl)cc1[N+](=O)[O-]. The first-order chi connectivity index (χ1) is 9.81. The fourth-order valence-corrected chi connectivity index (χ4v) is 1.93. The lowest BCUT2D eigenvalue weighted by molar-refractivity contribution is -0.384. The van der Waals surface area contributed by atoms with Crippen LogP contribution in [0.4, 0.5) is 5.69 Å². The predicted molar refractivity (Wildman–Crippen MR) is 73.2 cm³/mol. The summed E-state index contributed by atoms with van der Waals surface area (Å²) in [5.74, 6) is -1.51. The highest BCUT2D eigenvalue weighted by molar-refractivity contribution is 6.30. The highest BCUT2D eigenvalue weighted by atomic mass is 35.5. The largest absolute Gasteiger partial charge is 0.476 e. The molecule has 108 valence electrons. The summed E-state index contributed by atoms with van der Waals surface area (Å²) in [7, 11) is 0. The third kappa shape index (κ3) is 2.75. The molecule has 1 heterocycles. The summed E-state index contributed by atoms with van der Waals surface area (Å²) < 4.78 is 1.03. The Morgan fingerprint density at radius 1 is 1.43 bits per heavy atom. The van der Waals surface area contributed by atoms with Crippen molar-refractivity contribution in [2.24, 2.45) is 0 Å². The van der Waals surface area contributed by atoms with Crippen LogP contribution >= 0.6 is 11.6 Å². The van der Waals surface area contributed by atoms with E-state index in [1.165, 1.54) is 19.1 Å². The van der Waals surface area contributed by atoms with Gasteiger partial charge in [0.2, 0.25) is 11.1 Å². The zero-order chi connectivity index (χ0) is 15.7. The van der Waals surface area contributed by atoms with Gasteiger partial charge in [0.25, 0.3) is 5.69 Å². The first-order valence-electron chi connectivity index (χ1n) is 5.60. The third-order valence-electron chi connectivity index (χ3n) is 2.67. The molecule has 0 fully saturated rings. The van der Waals surface area contributed by atoms with Crippen molar-refractivity contribution < 1.29 is 14.8 Å². The molecule has 0 aliphatic rings. The van der Waals surface area contributed by atoms with Crippen LogP contribution < -0.4 is 5.43 Å². The van der Waals surface area contributed by atoms with Crippen molar-refractivity contribution >= 4 is 23.3 Å². The number of nitrogens with zero attached hydrogens (tertiary/aromatic N) is 3. The molecule has 8 nitrogen and oxygen atoms in total. The Bertz CT molecular complexity index is 815. The Morgan fingerprint density at radius 2 is 2.10 bits per heavy atom. The average molecular weight is 310 g/mol. The minimum absolute atomic E-state index is 0.0180. The Kier molecular flexibility index (Phi) is 3.72. The molecule has 0 amide bonds. The van der Waals surface area contributed by atoms with Gasteiger partial charge < -0.3 is 5.11 Å². The molecule has 0 aliphatic carbocycles. The standard InChI is InChI=1S/C12H8ClN3O5/c1-6-4-10(17)11(12(18)19)14-15(6)8-3-2-7(13)5-9(8)16(20)21/h2-5H,1H3,(H,18,19). The zero-order valence-electron chi connectivity index (χ0n) is 10.6. The maximum atomic E-state index is 11.5. The van der Waals surface area contributed by atoms with Gasteiger partial charge in [0.1, 0.15) is 5.69 Å². The van der Waals surface area contributed by atoms with Gasteiger partial charge in [-0.2, -0.15) is 5.10 Å². The van der Waals surface area contributed by atoms with Crippen LogP contribution in [0.5, 0.6) is 0 Å². The van der Waals surface area contributed by atoms with Crippen molar-refractivity contribution in [2.75, 3.05) is 0 Å².